The Morgan fingerprint density at radius 3 is 2.95 bits per heavy atom. The van der Waals surface area contributed by atoms with Crippen molar-refractivity contribution in [2.24, 2.45) is 0 Å². The van der Waals surface area contributed by atoms with E-state index >= 15 is 0 Å². The van der Waals surface area contributed by atoms with Gasteiger partial charge in [-0.1, -0.05) is 19.1 Å². The minimum absolute atomic E-state index is 0.142. The number of rotatable bonds is 3. The number of aryl methyl sites for hydroxylation is 1. The second kappa shape index (κ2) is 5.79. The highest BCUT2D eigenvalue weighted by Gasteiger charge is 2.20. The molecule has 2 aromatic rings. The van der Waals surface area contributed by atoms with E-state index in [-0.39, 0.29) is 11.8 Å². The number of hydrogen-bond donors (Lipinski definition) is 2. The first-order valence-corrected chi connectivity index (χ1v) is 7.66. The lowest BCUT2D eigenvalue weighted by Gasteiger charge is -2.17. The molecule has 0 aliphatic carbocycles. The van der Waals surface area contributed by atoms with Gasteiger partial charge in [0, 0.05) is 30.9 Å². The molecule has 1 unspecified atom stereocenters. The Bertz CT molecular complexity index is 724. The molecule has 1 atom stereocenters. The maximum absolute atomic E-state index is 11.9. The van der Waals surface area contributed by atoms with E-state index < -0.39 is 0 Å². The van der Waals surface area contributed by atoms with Crippen LogP contribution in [0.1, 0.15) is 45.7 Å². The van der Waals surface area contributed by atoms with Gasteiger partial charge in [-0.15, -0.1) is 0 Å². The summed E-state index contributed by atoms with van der Waals surface area (Å²) in [6.45, 7) is 5.15. The first-order valence-electron chi connectivity index (χ1n) is 7.66. The van der Waals surface area contributed by atoms with E-state index in [0.29, 0.717) is 5.69 Å². The van der Waals surface area contributed by atoms with Crippen molar-refractivity contribution in [1.82, 2.24) is 10.3 Å². The molecule has 4 nitrogen and oxygen atoms in total. The summed E-state index contributed by atoms with van der Waals surface area (Å²) in [4.78, 5) is 16.5. The molecule has 0 radical (unpaired) electrons. The van der Waals surface area contributed by atoms with Crippen molar-refractivity contribution >= 4 is 11.6 Å². The molecule has 1 amide bonds. The van der Waals surface area contributed by atoms with Crippen LogP contribution < -0.4 is 10.6 Å². The third kappa shape index (κ3) is 2.56. The number of nitrogens with one attached hydrogen (secondary N) is 2. The molecule has 22 heavy (non-hydrogen) atoms. The number of hydrogen-bond acceptors (Lipinski definition) is 3. The number of carbonyl (C=O) groups is 1. The van der Waals surface area contributed by atoms with E-state index in [4.69, 9.17) is 0 Å². The van der Waals surface area contributed by atoms with Gasteiger partial charge in [0.25, 0.3) is 5.91 Å². The average Bonchev–Trinajstić information content (AvgIpc) is 3.01. The summed E-state index contributed by atoms with van der Waals surface area (Å²) in [5, 5.41) is 6.06. The van der Waals surface area contributed by atoms with Gasteiger partial charge in [0.1, 0.15) is 5.69 Å². The Morgan fingerprint density at radius 1 is 1.36 bits per heavy atom. The van der Waals surface area contributed by atoms with E-state index in [2.05, 4.69) is 46.8 Å². The van der Waals surface area contributed by atoms with Crippen LogP contribution in [0.5, 0.6) is 0 Å². The lowest BCUT2D eigenvalue weighted by molar-refractivity contribution is 0.0958. The van der Waals surface area contributed by atoms with Crippen LogP contribution in [-0.4, -0.2) is 24.5 Å². The molecule has 1 aliphatic heterocycles. The molecule has 0 saturated heterocycles. The van der Waals surface area contributed by atoms with Crippen LogP contribution in [0.4, 0.5) is 5.69 Å². The highest BCUT2D eigenvalue weighted by molar-refractivity contribution is 5.92. The number of amides is 1. The van der Waals surface area contributed by atoms with Gasteiger partial charge in [-0.3, -0.25) is 4.79 Å². The third-order valence-electron chi connectivity index (χ3n) is 4.26. The number of aromatic nitrogens is 1. The van der Waals surface area contributed by atoms with Gasteiger partial charge in [0.05, 0.1) is 0 Å². The molecule has 0 bridgehead atoms. The number of anilines is 1. The molecule has 0 spiro atoms. The van der Waals surface area contributed by atoms with Crippen molar-refractivity contribution in [2.75, 3.05) is 18.9 Å². The standard InChI is InChI=1S/C18H21N3O/c1-11-9-16(21-17(10-11)18(22)19-3)12(2)13-5-4-6-15-14(13)7-8-20-15/h4-6,9-10,12,20H,7-8H2,1-3H3,(H,19,22). The SMILES string of the molecule is CNC(=O)c1cc(C)cc(C(C)c2cccc3c2CCN3)n1. The van der Waals surface area contributed by atoms with Crippen molar-refractivity contribution in [3.8, 4) is 0 Å². The number of nitrogens with zero attached hydrogens (tertiary/aromatic N) is 1. The lowest BCUT2D eigenvalue weighted by Crippen LogP contribution is -2.20. The van der Waals surface area contributed by atoms with Crippen LogP contribution in [0.15, 0.2) is 30.3 Å². The molecule has 4 heteroatoms. The molecule has 3 rings (SSSR count). The zero-order chi connectivity index (χ0) is 15.7. The van der Waals surface area contributed by atoms with E-state index in [1.165, 1.54) is 16.8 Å². The minimum atomic E-state index is -0.142. The Balaban J connectivity index is 2.03. The molecule has 114 valence electrons. The number of fused-ring (bicyclic) bond motifs is 1. The molecule has 2 heterocycles. The first-order chi connectivity index (χ1) is 10.6. The van der Waals surface area contributed by atoms with E-state index in [9.17, 15) is 4.79 Å². The molecular weight excluding hydrogens is 274 g/mol. The van der Waals surface area contributed by atoms with Gasteiger partial charge in [-0.05, 0) is 48.2 Å². The van der Waals surface area contributed by atoms with Crippen molar-refractivity contribution in [2.45, 2.75) is 26.2 Å². The first kappa shape index (κ1) is 14.6. The zero-order valence-electron chi connectivity index (χ0n) is 13.2. The predicted octanol–water partition coefficient (Wildman–Crippen LogP) is 2.87. The maximum atomic E-state index is 11.9. The number of pyridine rings is 1. The van der Waals surface area contributed by atoms with Crippen molar-refractivity contribution in [1.29, 1.82) is 0 Å². The second-order valence-electron chi connectivity index (χ2n) is 5.81. The molecule has 1 aromatic carbocycles. The normalized spacial score (nSPS) is 14.1. The summed E-state index contributed by atoms with van der Waals surface area (Å²) in [6.07, 6.45) is 1.05. The van der Waals surface area contributed by atoms with E-state index in [1.807, 2.05) is 13.0 Å². The second-order valence-corrected chi connectivity index (χ2v) is 5.81. The van der Waals surface area contributed by atoms with Crippen LogP contribution in [-0.2, 0) is 6.42 Å². The summed E-state index contributed by atoms with van der Waals surface area (Å²) >= 11 is 0. The molecule has 0 saturated carbocycles. The van der Waals surface area contributed by atoms with Gasteiger partial charge < -0.3 is 10.6 Å². The summed E-state index contributed by atoms with van der Waals surface area (Å²) in [5.74, 6) is 0.0234. The minimum Gasteiger partial charge on any atom is -0.384 e. The van der Waals surface area contributed by atoms with Crippen molar-refractivity contribution in [3.05, 3.63) is 58.4 Å². The lowest BCUT2D eigenvalue weighted by atomic mass is 9.91. The predicted molar refractivity (Wildman–Crippen MR) is 88.5 cm³/mol. The smallest absolute Gasteiger partial charge is 0.269 e. The fourth-order valence-electron chi connectivity index (χ4n) is 3.10. The Kier molecular flexibility index (Phi) is 3.84. The summed E-state index contributed by atoms with van der Waals surface area (Å²) in [7, 11) is 1.63. The molecule has 1 aliphatic rings. The number of carbonyl (C=O) groups excluding carboxylic acids is 1. The Hall–Kier alpha value is -2.36. The van der Waals surface area contributed by atoms with Crippen molar-refractivity contribution in [3.63, 3.8) is 0 Å². The van der Waals surface area contributed by atoms with Gasteiger partial charge in [0.2, 0.25) is 0 Å². The average molecular weight is 295 g/mol. The highest BCUT2D eigenvalue weighted by Crippen LogP contribution is 2.33. The van der Waals surface area contributed by atoms with Gasteiger partial charge in [-0.25, -0.2) is 4.98 Å². The molecular formula is C18H21N3O. The Labute approximate surface area is 131 Å². The van der Waals surface area contributed by atoms with E-state index in [0.717, 1.165) is 24.2 Å². The fraction of sp³-hybridized carbons (Fsp3) is 0.333. The van der Waals surface area contributed by atoms with Crippen LogP contribution >= 0.6 is 0 Å². The quantitative estimate of drug-likeness (QED) is 0.915. The van der Waals surface area contributed by atoms with Gasteiger partial charge in [0.15, 0.2) is 0 Å². The monoisotopic (exact) mass is 295 g/mol. The zero-order valence-corrected chi connectivity index (χ0v) is 13.2. The highest BCUT2D eigenvalue weighted by atomic mass is 16.1. The maximum Gasteiger partial charge on any atom is 0.269 e. The van der Waals surface area contributed by atoms with Crippen LogP contribution in [0.25, 0.3) is 0 Å². The Morgan fingerprint density at radius 2 is 2.18 bits per heavy atom. The van der Waals surface area contributed by atoms with Crippen molar-refractivity contribution < 1.29 is 4.79 Å². The van der Waals surface area contributed by atoms with Gasteiger partial charge in [-0.2, -0.15) is 0 Å². The molecule has 0 fully saturated rings. The van der Waals surface area contributed by atoms with Gasteiger partial charge >= 0.3 is 0 Å². The summed E-state index contributed by atoms with van der Waals surface area (Å²) < 4.78 is 0. The topological polar surface area (TPSA) is 54.0 Å². The largest absolute Gasteiger partial charge is 0.384 e. The summed E-state index contributed by atoms with van der Waals surface area (Å²) in [6, 6.07) is 10.3. The fourth-order valence-corrected chi connectivity index (χ4v) is 3.10. The molecule has 1 aromatic heterocycles. The summed E-state index contributed by atoms with van der Waals surface area (Å²) in [5.41, 5.74) is 6.38. The van der Waals surface area contributed by atoms with Crippen LogP contribution in [0.3, 0.4) is 0 Å². The molecule has 2 N–H and O–H groups in total. The number of benzene rings is 1. The van der Waals surface area contributed by atoms with E-state index in [1.54, 1.807) is 7.05 Å². The third-order valence-corrected chi connectivity index (χ3v) is 4.26. The van der Waals surface area contributed by atoms with Crippen LogP contribution in [0, 0.1) is 6.92 Å². The van der Waals surface area contributed by atoms with Crippen LogP contribution in [0.2, 0.25) is 0 Å².